The van der Waals surface area contributed by atoms with Crippen molar-refractivity contribution in [1.82, 2.24) is 9.80 Å². The van der Waals surface area contributed by atoms with Crippen LogP contribution in [0, 0.1) is 5.41 Å². The molecule has 1 aromatic rings. The van der Waals surface area contributed by atoms with Gasteiger partial charge in [0.1, 0.15) is 11.5 Å². The van der Waals surface area contributed by atoms with Gasteiger partial charge < -0.3 is 30.2 Å². The zero-order valence-corrected chi connectivity index (χ0v) is 19.4. The van der Waals surface area contributed by atoms with E-state index in [1.54, 1.807) is 39.5 Å². The van der Waals surface area contributed by atoms with Gasteiger partial charge in [-0.15, -0.1) is 0 Å². The van der Waals surface area contributed by atoms with Crippen molar-refractivity contribution in [3.8, 4) is 11.5 Å². The predicted octanol–water partition coefficient (Wildman–Crippen LogP) is 2.30. The summed E-state index contributed by atoms with van der Waals surface area (Å²) < 4.78 is 15.8. The topological polar surface area (TPSA) is 106 Å². The van der Waals surface area contributed by atoms with Gasteiger partial charge in [-0.25, -0.2) is 4.79 Å². The van der Waals surface area contributed by atoms with E-state index in [4.69, 9.17) is 19.9 Å². The first kappa shape index (κ1) is 24.1. The summed E-state index contributed by atoms with van der Waals surface area (Å²) in [7, 11) is 4.80. The Morgan fingerprint density at radius 2 is 1.91 bits per heavy atom. The number of benzene rings is 1. The molecule has 2 aliphatic rings. The molecule has 2 fully saturated rings. The summed E-state index contributed by atoms with van der Waals surface area (Å²) in [5.41, 5.74) is 5.87. The summed E-state index contributed by atoms with van der Waals surface area (Å²) >= 11 is 0. The molecule has 0 bridgehead atoms. The van der Waals surface area contributed by atoms with Crippen molar-refractivity contribution in [3.05, 3.63) is 18.2 Å². The number of rotatable bonds is 8. The second kappa shape index (κ2) is 10.9. The van der Waals surface area contributed by atoms with Gasteiger partial charge in [0.25, 0.3) is 0 Å². The molecule has 3 amide bonds. The Kier molecular flexibility index (Phi) is 8.20. The van der Waals surface area contributed by atoms with E-state index >= 15 is 0 Å². The van der Waals surface area contributed by atoms with Crippen molar-refractivity contribution in [2.75, 3.05) is 59.4 Å². The summed E-state index contributed by atoms with van der Waals surface area (Å²) in [6, 6.07) is 5.50. The Balaban J connectivity index is 1.58. The van der Waals surface area contributed by atoms with E-state index in [0.29, 0.717) is 55.9 Å². The summed E-state index contributed by atoms with van der Waals surface area (Å²) in [5, 5.41) is 2.94. The lowest BCUT2D eigenvalue weighted by Gasteiger charge is -2.46. The minimum atomic E-state index is -0.522. The van der Waals surface area contributed by atoms with Crippen LogP contribution in [-0.4, -0.2) is 81.9 Å². The fourth-order valence-corrected chi connectivity index (χ4v) is 4.84. The number of nitrogens with one attached hydrogen (secondary N) is 1. The van der Waals surface area contributed by atoms with Crippen LogP contribution < -0.4 is 20.5 Å². The minimum Gasteiger partial charge on any atom is -0.497 e. The average molecular weight is 449 g/mol. The van der Waals surface area contributed by atoms with Gasteiger partial charge in [0.15, 0.2) is 0 Å². The van der Waals surface area contributed by atoms with E-state index in [0.717, 1.165) is 32.2 Å². The number of carbonyl (C=O) groups excluding carboxylic acids is 2. The number of nitrogens with two attached hydrogens (primary N) is 1. The maximum Gasteiger partial charge on any atom is 0.321 e. The van der Waals surface area contributed by atoms with Gasteiger partial charge in [-0.05, 0) is 50.8 Å². The lowest BCUT2D eigenvalue weighted by atomic mass is 9.76. The SMILES string of the molecule is COCCC1(C(N)=O)CCCN(C2CCN(C(=O)Nc3cc(OC)ccc3OC)CC2)C1. The van der Waals surface area contributed by atoms with Crippen LogP contribution in [0.5, 0.6) is 11.5 Å². The van der Waals surface area contributed by atoms with Crippen LogP contribution in [0.4, 0.5) is 10.5 Å². The van der Waals surface area contributed by atoms with E-state index < -0.39 is 5.41 Å². The van der Waals surface area contributed by atoms with Crippen molar-refractivity contribution in [3.63, 3.8) is 0 Å². The average Bonchev–Trinajstić information content (AvgIpc) is 2.82. The summed E-state index contributed by atoms with van der Waals surface area (Å²) in [6.07, 6.45) is 4.14. The van der Waals surface area contributed by atoms with E-state index in [1.807, 2.05) is 4.90 Å². The van der Waals surface area contributed by atoms with Gasteiger partial charge in [-0.1, -0.05) is 0 Å². The number of primary amides is 1. The molecule has 0 spiro atoms. The normalized spacial score (nSPS) is 22.4. The summed E-state index contributed by atoms with van der Waals surface area (Å²) in [5.74, 6) is 1.00. The van der Waals surface area contributed by atoms with Crippen molar-refractivity contribution < 1.29 is 23.8 Å². The smallest absolute Gasteiger partial charge is 0.321 e. The van der Waals surface area contributed by atoms with E-state index in [-0.39, 0.29) is 11.9 Å². The number of piperidine rings is 2. The molecular weight excluding hydrogens is 412 g/mol. The molecule has 3 N–H and O–H groups in total. The molecule has 3 rings (SSSR count). The number of methoxy groups -OCH3 is 3. The Labute approximate surface area is 190 Å². The maximum atomic E-state index is 12.9. The van der Waals surface area contributed by atoms with Crippen molar-refractivity contribution in [2.45, 2.75) is 38.1 Å². The van der Waals surface area contributed by atoms with Crippen LogP contribution in [-0.2, 0) is 9.53 Å². The van der Waals surface area contributed by atoms with E-state index in [9.17, 15) is 9.59 Å². The first-order valence-electron chi connectivity index (χ1n) is 11.2. The molecule has 0 radical (unpaired) electrons. The van der Waals surface area contributed by atoms with Crippen molar-refractivity contribution in [1.29, 1.82) is 0 Å². The Bertz CT molecular complexity index is 797. The quantitative estimate of drug-likeness (QED) is 0.632. The van der Waals surface area contributed by atoms with Gasteiger partial charge in [0.05, 0.1) is 25.3 Å². The molecule has 9 heteroatoms. The minimum absolute atomic E-state index is 0.153. The van der Waals surface area contributed by atoms with Crippen LogP contribution in [0.2, 0.25) is 0 Å². The summed E-state index contributed by atoms with van der Waals surface area (Å²) in [4.78, 5) is 29.4. The van der Waals surface area contributed by atoms with Crippen LogP contribution in [0.1, 0.15) is 32.1 Å². The number of amides is 3. The van der Waals surface area contributed by atoms with Crippen LogP contribution in [0.15, 0.2) is 18.2 Å². The number of nitrogens with zero attached hydrogens (tertiary/aromatic N) is 2. The second-order valence-electron chi connectivity index (χ2n) is 8.68. The number of ether oxygens (including phenoxy) is 3. The highest BCUT2D eigenvalue weighted by Crippen LogP contribution is 2.36. The van der Waals surface area contributed by atoms with Gasteiger partial charge in [0, 0.05) is 45.5 Å². The number of hydrogen-bond acceptors (Lipinski definition) is 6. The van der Waals surface area contributed by atoms with Gasteiger partial charge >= 0.3 is 6.03 Å². The molecule has 0 aromatic heterocycles. The molecule has 0 aliphatic carbocycles. The van der Waals surface area contributed by atoms with Gasteiger partial charge in [-0.3, -0.25) is 9.69 Å². The van der Waals surface area contributed by atoms with Crippen molar-refractivity contribution >= 4 is 17.6 Å². The van der Waals surface area contributed by atoms with E-state index in [1.165, 1.54) is 0 Å². The number of likely N-dealkylation sites (tertiary alicyclic amines) is 2. The van der Waals surface area contributed by atoms with Gasteiger partial charge in [0.2, 0.25) is 5.91 Å². The number of carbonyl (C=O) groups is 2. The molecule has 32 heavy (non-hydrogen) atoms. The highest BCUT2D eigenvalue weighted by atomic mass is 16.5. The highest BCUT2D eigenvalue weighted by Gasteiger charge is 2.42. The predicted molar refractivity (Wildman–Crippen MR) is 122 cm³/mol. The fourth-order valence-electron chi connectivity index (χ4n) is 4.84. The summed E-state index contributed by atoms with van der Waals surface area (Å²) in [6.45, 7) is 3.47. The Morgan fingerprint density at radius 1 is 1.16 bits per heavy atom. The molecule has 2 saturated heterocycles. The molecule has 2 heterocycles. The molecule has 0 saturated carbocycles. The van der Waals surface area contributed by atoms with E-state index in [2.05, 4.69) is 10.2 Å². The number of urea groups is 1. The van der Waals surface area contributed by atoms with Crippen LogP contribution >= 0.6 is 0 Å². The lowest BCUT2D eigenvalue weighted by molar-refractivity contribution is -0.133. The maximum absolute atomic E-state index is 12.9. The molecule has 1 unspecified atom stereocenters. The zero-order valence-electron chi connectivity index (χ0n) is 19.4. The molecule has 178 valence electrons. The molecule has 9 nitrogen and oxygen atoms in total. The fraction of sp³-hybridized carbons (Fsp3) is 0.652. The largest absolute Gasteiger partial charge is 0.497 e. The Morgan fingerprint density at radius 3 is 2.53 bits per heavy atom. The second-order valence-corrected chi connectivity index (χ2v) is 8.68. The standard InChI is InChI=1S/C23H36N4O5/c1-30-14-10-23(21(24)28)9-4-11-27(16-23)17-7-12-26(13-8-17)22(29)25-19-15-18(31-2)5-6-20(19)32-3/h5-6,15,17H,4,7-14,16H2,1-3H3,(H2,24,28)(H,25,29). The number of hydrogen-bond donors (Lipinski definition) is 2. The van der Waals surface area contributed by atoms with Crippen molar-refractivity contribution in [2.24, 2.45) is 11.1 Å². The third-order valence-electron chi connectivity index (χ3n) is 6.83. The Hall–Kier alpha value is -2.52. The van der Waals surface area contributed by atoms with Crippen LogP contribution in [0.25, 0.3) is 0 Å². The van der Waals surface area contributed by atoms with Crippen LogP contribution in [0.3, 0.4) is 0 Å². The first-order valence-corrected chi connectivity index (χ1v) is 11.2. The number of anilines is 1. The molecule has 1 aromatic carbocycles. The molecule has 1 atom stereocenters. The zero-order chi connectivity index (χ0) is 23.1. The molecule has 2 aliphatic heterocycles. The molecular formula is C23H36N4O5. The lowest BCUT2D eigenvalue weighted by Crippen LogP contribution is -2.56. The first-order chi connectivity index (χ1) is 15.4. The third kappa shape index (κ3) is 5.45. The highest BCUT2D eigenvalue weighted by molar-refractivity contribution is 5.91. The monoisotopic (exact) mass is 448 g/mol. The van der Waals surface area contributed by atoms with Gasteiger partial charge in [-0.2, -0.15) is 0 Å². The third-order valence-corrected chi connectivity index (χ3v) is 6.83.